The molecule has 0 amide bonds. The van der Waals surface area contributed by atoms with Crippen molar-refractivity contribution in [3.05, 3.63) is 26.8 Å². The lowest BCUT2D eigenvalue weighted by molar-refractivity contribution is 1.04. The van der Waals surface area contributed by atoms with Crippen LogP contribution in [-0.4, -0.2) is 9.55 Å². The van der Waals surface area contributed by atoms with Gasteiger partial charge in [0.25, 0.3) is 0 Å². The molecule has 0 radical (unpaired) electrons. The van der Waals surface area contributed by atoms with Crippen molar-refractivity contribution in [2.45, 2.75) is 0 Å². The molecule has 1 heterocycles. The third-order valence-corrected chi connectivity index (χ3v) is 5.52. The van der Waals surface area contributed by atoms with Crippen LogP contribution >= 0.6 is 67.5 Å². The third-order valence-electron chi connectivity index (χ3n) is 1.79. The Labute approximate surface area is 114 Å². The molecule has 0 bridgehead atoms. The maximum absolute atomic E-state index is 5.99. The maximum Gasteiger partial charge on any atom is 0.0756 e. The minimum atomic E-state index is 0.538. The number of rotatable bonds is 1. The van der Waals surface area contributed by atoms with Gasteiger partial charge in [0.15, 0.2) is 0 Å². The van der Waals surface area contributed by atoms with Gasteiger partial charge in [0.1, 0.15) is 0 Å². The van der Waals surface area contributed by atoms with Crippen LogP contribution in [0.15, 0.2) is 16.7 Å². The number of hydrogen-bond acceptors (Lipinski definition) is 1. The van der Waals surface area contributed by atoms with Crippen LogP contribution in [0, 0.1) is 0 Å². The molecule has 0 saturated carbocycles. The molecule has 0 N–H and O–H groups in total. The van der Waals surface area contributed by atoms with E-state index in [9.17, 15) is 0 Å². The number of aromatic nitrogens is 2. The molecule has 0 aliphatic rings. The van der Waals surface area contributed by atoms with Crippen LogP contribution < -0.4 is 0 Å². The summed E-state index contributed by atoms with van der Waals surface area (Å²) in [6.45, 7) is 0. The molecule has 1 unspecified atom stereocenters. The first-order valence-corrected chi connectivity index (χ1v) is 9.14. The fraction of sp³-hybridized carbons (Fsp3) is 0. The summed E-state index contributed by atoms with van der Waals surface area (Å²) in [7, 11) is 0. The van der Waals surface area contributed by atoms with Gasteiger partial charge >= 0.3 is 0 Å². The van der Waals surface area contributed by atoms with E-state index in [2.05, 4.69) is 43.1 Å². The molecule has 74 valence electrons. The largest absolute Gasteiger partial charge is 0.237 e. The van der Waals surface area contributed by atoms with Crippen LogP contribution in [0.1, 0.15) is 0 Å². The Morgan fingerprint density at radius 3 is 2.86 bits per heavy atom. The Bertz CT molecular complexity index is 502. The van der Waals surface area contributed by atoms with Crippen LogP contribution in [0.4, 0.5) is 0 Å². The highest BCUT2D eigenvalue weighted by atomic mass is 127. The standard InChI is InChI=1S/C7H3BrCl2IN2P/c8-6-3-2-12-13(14-11)5(3)1-4(9)7(6)10/h1-2,14H. The summed E-state index contributed by atoms with van der Waals surface area (Å²) in [5, 5.41) is 6.30. The van der Waals surface area contributed by atoms with Gasteiger partial charge in [0, 0.05) is 9.86 Å². The molecular formula is C7H3BrCl2IN2P. The number of benzene rings is 1. The van der Waals surface area contributed by atoms with E-state index in [0.29, 0.717) is 16.4 Å². The fourth-order valence-electron chi connectivity index (χ4n) is 1.14. The number of hydrogen-bond donors (Lipinski definition) is 0. The minimum Gasteiger partial charge on any atom is -0.237 e. The first-order chi connectivity index (χ1) is 6.65. The van der Waals surface area contributed by atoms with Crippen LogP contribution in [-0.2, 0) is 0 Å². The smallest absolute Gasteiger partial charge is 0.0756 e. The SMILES string of the molecule is Clc1cc2c(cnn2PI)c(Br)c1Cl. The van der Waals surface area contributed by atoms with Gasteiger partial charge in [-0.3, -0.25) is 0 Å². The summed E-state index contributed by atoms with van der Waals surface area (Å²) in [6.07, 6.45) is 2.34. The monoisotopic (exact) mass is 422 g/mol. The molecule has 14 heavy (non-hydrogen) atoms. The quantitative estimate of drug-likeness (QED) is 0.362. The van der Waals surface area contributed by atoms with E-state index < -0.39 is 0 Å². The zero-order valence-corrected chi connectivity index (χ0v) is 12.8. The average Bonchev–Trinajstić information content (AvgIpc) is 2.57. The van der Waals surface area contributed by atoms with Crippen molar-refractivity contribution < 1.29 is 0 Å². The summed E-state index contributed by atoms with van der Waals surface area (Å²) in [5.74, 6) is 0. The topological polar surface area (TPSA) is 17.8 Å². The second kappa shape index (κ2) is 4.42. The Kier molecular flexibility index (Phi) is 3.60. The molecule has 2 aromatic rings. The molecule has 2 nitrogen and oxygen atoms in total. The first kappa shape index (κ1) is 11.4. The molecule has 2 rings (SSSR count). The highest BCUT2D eigenvalue weighted by Gasteiger charge is 2.11. The lowest BCUT2D eigenvalue weighted by atomic mass is 10.2. The van der Waals surface area contributed by atoms with Crippen molar-refractivity contribution in [1.29, 1.82) is 0 Å². The van der Waals surface area contributed by atoms with Crippen molar-refractivity contribution in [2.75, 3.05) is 0 Å². The van der Waals surface area contributed by atoms with Gasteiger partial charge in [0.05, 0.1) is 28.1 Å². The highest BCUT2D eigenvalue weighted by molar-refractivity contribution is 14.2. The van der Waals surface area contributed by atoms with E-state index >= 15 is 0 Å². The van der Waals surface area contributed by atoms with Gasteiger partial charge < -0.3 is 0 Å². The number of fused-ring (bicyclic) bond motifs is 1. The van der Waals surface area contributed by atoms with Crippen molar-refractivity contribution in [2.24, 2.45) is 0 Å². The van der Waals surface area contributed by atoms with Crippen molar-refractivity contribution in [3.63, 3.8) is 0 Å². The maximum atomic E-state index is 5.99. The van der Waals surface area contributed by atoms with Crippen molar-refractivity contribution in [3.8, 4) is 0 Å². The van der Waals surface area contributed by atoms with Crippen molar-refractivity contribution >= 4 is 78.4 Å². The van der Waals surface area contributed by atoms with Crippen LogP contribution in [0.5, 0.6) is 0 Å². The molecule has 0 aliphatic carbocycles. The molecule has 0 saturated heterocycles. The average molecular weight is 424 g/mol. The lowest BCUT2D eigenvalue weighted by Crippen LogP contribution is -1.82. The molecule has 0 spiro atoms. The Hall–Kier alpha value is 0.910. The first-order valence-electron chi connectivity index (χ1n) is 3.53. The third kappa shape index (κ3) is 1.80. The van der Waals surface area contributed by atoms with Gasteiger partial charge in [-0.25, -0.2) is 4.45 Å². The Morgan fingerprint density at radius 1 is 1.50 bits per heavy atom. The van der Waals surface area contributed by atoms with Crippen LogP contribution in [0.25, 0.3) is 10.9 Å². The second-order valence-electron chi connectivity index (χ2n) is 2.56. The summed E-state index contributed by atoms with van der Waals surface area (Å²) in [5.41, 5.74) is 0.999. The summed E-state index contributed by atoms with van der Waals surface area (Å²) >= 11 is 17.6. The van der Waals surface area contributed by atoms with Crippen LogP contribution in [0.3, 0.4) is 0 Å². The molecule has 1 aromatic carbocycles. The van der Waals surface area contributed by atoms with Gasteiger partial charge in [-0.15, -0.1) is 0 Å². The van der Waals surface area contributed by atoms with Crippen molar-refractivity contribution in [1.82, 2.24) is 9.55 Å². The predicted octanol–water partition coefficient (Wildman–Crippen LogP) is 4.90. The predicted molar refractivity (Wildman–Crippen MR) is 75.2 cm³/mol. The normalized spacial score (nSPS) is 12.0. The van der Waals surface area contributed by atoms with Gasteiger partial charge in [-0.2, -0.15) is 5.10 Å². The van der Waals surface area contributed by atoms with Crippen LogP contribution in [0.2, 0.25) is 10.0 Å². The van der Waals surface area contributed by atoms with Gasteiger partial charge in [0.2, 0.25) is 0 Å². The minimum absolute atomic E-state index is 0.538. The number of nitrogens with zero attached hydrogens (tertiary/aromatic N) is 2. The lowest BCUT2D eigenvalue weighted by Gasteiger charge is -2.02. The second-order valence-corrected chi connectivity index (χ2v) is 6.18. The Balaban J connectivity index is 2.86. The molecule has 0 aliphatic heterocycles. The zero-order valence-electron chi connectivity index (χ0n) is 6.56. The van der Waals surface area contributed by atoms with E-state index in [1.165, 1.54) is 0 Å². The van der Waals surface area contributed by atoms with E-state index in [-0.39, 0.29) is 0 Å². The summed E-state index contributed by atoms with van der Waals surface area (Å²) < 4.78 is 2.70. The van der Waals surface area contributed by atoms with E-state index in [1.54, 1.807) is 6.20 Å². The highest BCUT2D eigenvalue weighted by Crippen LogP contribution is 2.39. The summed E-state index contributed by atoms with van der Waals surface area (Å²) in [6, 6.07) is 1.84. The summed E-state index contributed by atoms with van der Waals surface area (Å²) in [4.78, 5) is 0. The van der Waals surface area contributed by atoms with Gasteiger partial charge in [-0.1, -0.05) is 23.2 Å². The van der Waals surface area contributed by atoms with E-state index in [0.717, 1.165) is 15.4 Å². The van der Waals surface area contributed by atoms with E-state index in [4.69, 9.17) is 23.2 Å². The molecule has 1 atom stereocenters. The molecule has 1 aromatic heterocycles. The molecular weight excluding hydrogens is 421 g/mol. The molecule has 7 heteroatoms. The van der Waals surface area contributed by atoms with E-state index in [1.807, 2.05) is 10.5 Å². The Morgan fingerprint density at radius 2 is 2.21 bits per heavy atom. The zero-order chi connectivity index (χ0) is 10.3. The fourth-order valence-corrected chi connectivity index (χ4v) is 3.66. The molecule has 0 fully saturated rings. The van der Waals surface area contributed by atoms with Gasteiger partial charge in [-0.05, 0) is 44.0 Å². The number of halogens is 4.